The van der Waals surface area contributed by atoms with Gasteiger partial charge < -0.3 is 9.84 Å². The van der Waals surface area contributed by atoms with E-state index in [0.29, 0.717) is 12.2 Å². The molecule has 0 aliphatic rings. The summed E-state index contributed by atoms with van der Waals surface area (Å²) in [5.74, 6) is 0.662. The fraction of sp³-hybridized carbons (Fsp3) is 0.133. The number of ether oxygens (including phenoxy) is 1. The van der Waals surface area contributed by atoms with Gasteiger partial charge in [-0.2, -0.15) is 0 Å². The molecule has 3 nitrogen and oxygen atoms in total. The molecular weight excluding hydrogens is 228 g/mol. The summed E-state index contributed by atoms with van der Waals surface area (Å²) in [7, 11) is 0. The molecule has 0 saturated heterocycles. The van der Waals surface area contributed by atoms with E-state index in [1.807, 2.05) is 54.6 Å². The summed E-state index contributed by atoms with van der Waals surface area (Å²) in [5, 5.41) is 8.71. The van der Waals surface area contributed by atoms with Crippen molar-refractivity contribution in [3.05, 3.63) is 60.2 Å². The van der Waals surface area contributed by atoms with E-state index < -0.39 is 5.97 Å². The molecule has 2 aromatic carbocycles. The summed E-state index contributed by atoms with van der Waals surface area (Å²) in [5.41, 5.74) is 0.906. The van der Waals surface area contributed by atoms with Crippen molar-refractivity contribution in [2.24, 2.45) is 0 Å². The average molecular weight is 242 g/mol. The third-order valence-corrected chi connectivity index (χ3v) is 2.55. The topological polar surface area (TPSA) is 46.5 Å². The van der Waals surface area contributed by atoms with Gasteiger partial charge in [-0.25, -0.2) is 0 Å². The van der Waals surface area contributed by atoms with E-state index in [1.165, 1.54) is 0 Å². The van der Waals surface area contributed by atoms with Crippen molar-refractivity contribution in [2.75, 3.05) is 0 Å². The second-order valence-corrected chi connectivity index (χ2v) is 3.92. The van der Waals surface area contributed by atoms with Gasteiger partial charge in [0.05, 0.1) is 0 Å². The standard InChI is InChI=1S/C15H14O3/c16-15(17)11-10-12-6-4-5-9-14(12)18-13-7-2-1-3-8-13/h1-9H,10-11H2,(H,16,17). The van der Waals surface area contributed by atoms with Crippen LogP contribution in [0.1, 0.15) is 12.0 Å². The number of hydrogen-bond donors (Lipinski definition) is 1. The van der Waals surface area contributed by atoms with E-state index in [4.69, 9.17) is 9.84 Å². The Morgan fingerprint density at radius 2 is 1.67 bits per heavy atom. The van der Waals surface area contributed by atoms with Crippen LogP contribution < -0.4 is 4.74 Å². The molecule has 0 atom stereocenters. The predicted molar refractivity (Wildman–Crippen MR) is 68.9 cm³/mol. The molecule has 2 aromatic rings. The Hall–Kier alpha value is -2.29. The first-order valence-corrected chi connectivity index (χ1v) is 5.78. The van der Waals surface area contributed by atoms with Crippen molar-refractivity contribution in [2.45, 2.75) is 12.8 Å². The van der Waals surface area contributed by atoms with Crippen molar-refractivity contribution in [1.29, 1.82) is 0 Å². The van der Waals surface area contributed by atoms with Gasteiger partial charge in [-0.1, -0.05) is 36.4 Å². The first-order valence-electron chi connectivity index (χ1n) is 5.78. The summed E-state index contributed by atoms with van der Waals surface area (Å²) in [6, 6.07) is 17.0. The molecule has 0 aliphatic heterocycles. The first kappa shape index (κ1) is 12.2. The Morgan fingerprint density at radius 1 is 1.00 bits per heavy atom. The number of carboxylic acid groups (broad SMARTS) is 1. The number of aryl methyl sites for hydroxylation is 1. The number of hydrogen-bond acceptors (Lipinski definition) is 2. The molecule has 3 heteroatoms. The van der Waals surface area contributed by atoms with Crippen LogP contribution in [0.4, 0.5) is 0 Å². The monoisotopic (exact) mass is 242 g/mol. The zero-order valence-corrected chi connectivity index (χ0v) is 9.87. The predicted octanol–water partition coefficient (Wildman–Crippen LogP) is 3.50. The van der Waals surface area contributed by atoms with Gasteiger partial charge in [0.2, 0.25) is 0 Å². The van der Waals surface area contributed by atoms with Crippen molar-refractivity contribution < 1.29 is 14.6 Å². The Balaban J connectivity index is 2.14. The van der Waals surface area contributed by atoms with Crippen LogP contribution in [0.3, 0.4) is 0 Å². The maximum absolute atomic E-state index is 10.6. The summed E-state index contributed by atoms with van der Waals surface area (Å²) < 4.78 is 5.75. The summed E-state index contributed by atoms with van der Waals surface area (Å²) in [6.45, 7) is 0. The molecule has 92 valence electrons. The van der Waals surface area contributed by atoms with E-state index in [0.717, 1.165) is 11.3 Å². The van der Waals surface area contributed by atoms with E-state index in [9.17, 15) is 4.79 Å². The summed E-state index contributed by atoms with van der Waals surface area (Å²) in [6.07, 6.45) is 0.577. The van der Waals surface area contributed by atoms with Crippen LogP contribution in [0, 0.1) is 0 Å². The molecule has 0 aromatic heterocycles. The van der Waals surface area contributed by atoms with E-state index >= 15 is 0 Å². The molecule has 0 aliphatic carbocycles. The normalized spacial score (nSPS) is 10.0. The minimum atomic E-state index is -0.801. The van der Waals surface area contributed by atoms with Gasteiger partial charge in [-0.05, 0) is 30.2 Å². The lowest BCUT2D eigenvalue weighted by Gasteiger charge is -2.10. The Bertz CT molecular complexity index is 520. The maximum Gasteiger partial charge on any atom is 0.303 e. The second kappa shape index (κ2) is 5.87. The van der Waals surface area contributed by atoms with Gasteiger partial charge >= 0.3 is 5.97 Å². The molecule has 0 heterocycles. The lowest BCUT2D eigenvalue weighted by molar-refractivity contribution is -0.136. The van der Waals surface area contributed by atoms with Crippen molar-refractivity contribution >= 4 is 5.97 Å². The molecule has 0 spiro atoms. The molecule has 0 unspecified atom stereocenters. The number of benzene rings is 2. The molecule has 0 fully saturated rings. The lowest BCUT2D eigenvalue weighted by Crippen LogP contribution is -1.99. The van der Waals surface area contributed by atoms with Gasteiger partial charge in [0, 0.05) is 6.42 Å². The number of carboxylic acids is 1. The quantitative estimate of drug-likeness (QED) is 0.872. The highest BCUT2D eigenvalue weighted by Gasteiger charge is 2.06. The van der Waals surface area contributed by atoms with Crippen LogP contribution in [0.5, 0.6) is 11.5 Å². The lowest BCUT2D eigenvalue weighted by atomic mass is 10.1. The molecule has 1 N–H and O–H groups in total. The Kier molecular flexibility index (Phi) is 3.97. The third kappa shape index (κ3) is 3.35. The van der Waals surface area contributed by atoms with E-state index in [1.54, 1.807) is 0 Å². The fourth-order valence-corrected chi connectivity index (χ4v) is 1.67. The largest absolute Gasteiger partial charge is 0.481 e. The van der Waals surface area contributed by atoms with Gasteiger partial charge in [0.15, 0.2) is 0 Å². The summed E-state index contributed by atoms with van der Waals surface area (Å²) >= 11 is 0. The third-order valence-electron chi connectivity index (χ3n) is 2.55. The van der Waals surface area contributed by atoms with Crippen molar-refractivity contribution in [3.63, 3.8) is 0 Å². The second-order valence-electron chi connectivity index (χ2n) is 3.92. The zero-order valence-electron chi connectivity index (χ0n) is 9.87. The highest BCUT2D eigenvalue weighted by Crippen LogP contribution is 2.25. The molecule has 0 amide bonds. The Morgan fingerprint density at radius 3 is 2.39 bits per heavy atom. The van der Waals surface area contributed by atoms with Crippen LogP contribution in [-0.4, -0.2) is 11.1 Å². The fourth-order valence-electron chi connectivity index (χ4n) is 1.67. The first-order chi connectivity index (χ1) is 8.75. The average Bonchev–Trinajstić information content (AvgIpc) is 2.39. The van der Waals surface area contributed by atoms with Crippen LogP contribution in [0.2, 0.25) is 0 Å². The minimum absolute atomic E-state index is 0.106. The number of rotatable bonds is 5. The molecule has 0 bridgehead atoms. The summed E-state index contributed by atoms with van der Waals surface area (Å²) in [4.78, 5) is 10.6. The highest BCUT2D eigenvalue weighted by molar-refractivity contribution is 5.67. The SMILES string of the molecule is O=C(O)CCc1ccccc1Oc1ccccc1. The number of aliphatic carboxylic acids is 1. The molecule has 18 heavy (non-hydrogen) atoms. The number of para-hydroxylation sites is 2. The van der Waals surface area contributed by atoms with Gasteiger partial charge in [-0.15, -0.1) is 0 Å². The van der Waals surface area contributed by atoms with Crippen molar-refractivity contribution in [3.8, 4) is 11.5 Å². The Labute approximate surface area is 106 Å². The van der Waals surface area contributed by atoms with Crippen LogP contribution in [0.25, 0.3) is 0 Å². The molecule has 0 saturated carbocycles. The van der Waals surface area contributed by atoms with Crippen LogP contribution in [-0.2, 0) is 11.2 Å². The van der Waals surface area contributed by atoms with Crippen LogP contribution >= 0.6 is 0 Å². The van der Waals surface area contributed by atoms with Gasteiger partial charge in [-0.3, -0.25) is 4.79 Å². The maximum atomic E-state index is 10.6. The molecular formula is C15H14O3. The molecule has 2 rings (SSSR count). The van der Waals surface area contributed by atoms with Gasteiger partial charge in [0.25, 0.3) is 0 Å². The number of carbonyl (C=O) groups is 1. The highest BCUT2D eigenvalue weighted by atomic mass is 16.5. The van der Waals surface area contributed by atoms with Gasteiger partial charge in [0.1, 0.15) is 11.5 Å². The van der Waals surface area contributed by atoms with Crippen molar-refractivity contribution in [1.82, 2.24) is 0 Å². The van der Waals surface area contributed by atoms with E-state index in [-0.39, 0.29) is 6.42 Å². The van der Waals surface area contributed by atoms with Crippen LogP contribution in [0.15, 0.2) is 54.6 Å². The minimum Gasteiger partial charge on any atom is -0.481 e. The molecule has 0 radical (unpaired) electrons. The van der Waals surface area contributed by atoms with E-state index in [2.05, 4.69) is 0 Å². The zero-order chi connectivity index (χ0) is 12.8. The smallest absolute Gasteiger partial charge is 0.303 e.